The fourth-order valence-corrected chi connectivity index (χ4v) is 10.1. The third kappa shape index (κ3) is 12.6. The highest BCUT2D eigenvalue weighted by Crippen LogP contribution is 2.55. The van der Waals surface area contributed by atoms with Gasteiger partial charge in [0, 0.05) is 37.0 Å². The SMILES string of the molecule is C=C1C[C@@H](CO)N(C(=O)c2cc(OC)c(OCCCCCOc3cc(NC(=O)OCC4(SSc5ccc([N+](=O)[O-])cn5)CC4)c(C(=O)N4CC(=C)C[C@H]4CO)cc3OC)cc2NB(C)O)C1. The molecule has 3 amide bonds. The molecular weight excluding hydrogens is 895 g/mol. The summed E-state index contributed by atoms with van der Waals surface area (Å²) in [7, 11) is 4.73. The largest absolute Gasteiger partial charge is 0.493 e. The Kier molecular flexibility index (Phi) is 17.1. The molecule has 0 unspecified atom stereocenters. The van der Waals surface area contributed by atoms with Crippen LogP contribution in [-0.2, 0) is 4.74 Å². The standard InChI is InChI=1S/C44H55BN6O13S2/c1-27-15-30(24-52)49(22-27)41(54)32-17-36(60-4)38(19-34(32)47-43(56)64-26-44(11-12-44)66-65-40-10-9-29(21-46-40)51(58)59)62-13-7-6-8-14-63-39-20-35(48-45(3)57)33(18-37(39)61-5)42(55)50-23-28(2)16-31(50)25-53/h9-10,17-21,30-31,48,52-53,57H,1-2,6-8,11-16,22-26H2,3-5H3,(H,47,56)/t30-,31-/m0/s1. The van der Waals surface area contributed by atoms with E-state index in [1.165, 1.54) is 71.9 Å². The Bertz CT molecular complexity index is 2280. The summed E-state index contributed by atoms with van der Waals surface area (Å²) in [4.78, 5) is 58.7. The number of unbranched alkanes of at least 4 members (excludes halogenated alkanes) is 2. The van der Waals surface area contributed by atoms with Gasteiger partial charge in [-0.05, 0) is 80.8 Å². The number of carbonyl (C=O) groups excluding carboxylic acids is 3. The first-order chi connectivity index (χ1) is 31.7. The van der Waals surface area contributed by atoms with Crippen LogP contribution < -0.4 is 29.5 Å². The zero-order valence-electron chi connectivity index (χ0n) is 37.1. The maximum atomic E-state index is 14.0. The van der Waals surface area contributed by atoms with Crippen molar-refractivity contribution in [1.82, 2.24) is 14.8 Å². The van der Waals surface area contributed by atoms with Gasteiger partial charge in [-0.2, -0.15) is 0 Å². The zero-order valence-corrected chi connectivity index (χ0v) is 38.7. The van der Waals surface area contributed by atoms with E-state index in [1.807, 2.05) is 0 Å². The molecule has 3 fully saturated rings. The van der Waals surface area contributed by atoms with Crippen LogP contribution in [0.5, 0.6) is 23.0 Å². The molecule has 19 nitrogen and oxygen atoms in total. The maximum Gasteiger partial charge on any atom is 0.411 e. The quantitative estimate of drug-likeness (QED) is 0.0177. The number of amides is 3. The molecule has 2 aliphatic heterocycles. The maximum absolute atomic E-state index is 14.0. The van der Waals surface area contributed by atoms with E-state index in [-0.39, 0.29) is 84.2 Å². The molecule has 354 valence electrons. The zero-order chi connectivity index (χ0) is 47.5. The van der Waals surface area contributed by atoms with Crippen molar-refractivity contribution in [3.63, 3.8) is 0 Å². The Morgan fingerprint density at radius 3 is 1.89 bits per heavy atom. The fourth-order valence-electron chi connectivity index (χ4n) is 7.47. The smallest absolute Gasteiger partial charge is 0.411 e. The van der Waals surface area contributed by atoms with Gasteiger partial charge in [-0.15, -0.1) is 0 Å². The lowest BCUT2D eigenvalue weighted by Gasteiger charge is -2.25. The number of nitrogens with zero attached hydrogens (tertiary/aromatic N) is 4. The molecule has 0 spiro atoms. The molecule has 3 aliphatic rings. The first kappa shape index (κ1) is 49.8. The topological polar surface area (TPSA) is 245 Å². The van der Waals surface area contributed by atoms with Gasteiger partial charge in [-0.1, -0.05) is 35.1 Å². The van der Waals surface area contributed by atoms with Gasteiger partial charge in [-0.25, -0.2) is 9.78 Å². The third-order valence-corrected chi connectivity index (χ3v) is 14.3. The molecule has 2 saturated heterocycles. The van der Waals surface area contributed by atoms with E-state index in [2.05, 4.69) is 28.7 Å². The van der Waals surface area contributed by atoms with Crippen molar-refractivity contribution in [3.8, 4) is 23.0 Å². The Morgan fingerprint density at radius 1 is 0.879 bits per heavy atom. The molecular formula is C44H55BN6O13S2. The van der Waals surface area contributed by atoms with Crippen LogP contribution in [0.3, 0.4) is 0 Å². The van der Waals surface area contributed by atoms with Crippen LogP contribution in [0.4, 0.5) is 21.9 Å². The summed E-state index contributed by atoms with van der Waals surface area (Å²) in [6.45, 7) is 10.2. The van der Waals surface area contributed by atoms with E-state index in [0.29, 0.717) is 60.9 Å². The summed E-state index contributed by atoms with van der Waals surface area (Å²) >= 11 is 0. The van der Waals surface area contributed by atoms with Gasteiger partial charge in [0.15, 0.2) is 23.0 Å². The molecule has 66 heavy (non-hydrogen) atoms. The Hall–Kier alpha value is -5.68. The molecule has 22 heteroatoms. The van der Waals surface area contributed by atoms with Crippen molar-refractivity contribution in [1.29, 1.82) is 0 Å². The highest BCUT2D eigenvalue weighted by atomic mass is 33.1. The minimum absolute atomic E-state index is 0.0630. The predicted octanol–water partition coefficient (Wildman–Crippen LogP) is 6.20. The van der Waals surface area contributed by atoms with E-state index in [0.717, 1.165) is 24.0 Å². The summed E-state index contributed by atoms with van der Waals surface area (Å²) < 4.78 is 28.8. The summed E-state index contributed by atoms with van der Waals surface area (Å²) in [6.07, 6.45) is 4.76. The molecule has 5 N–H and O–H groups in total. The van der Waals surface area contributed by atoms with E-state index in [4.69, 9.17) is 23.7 Å². The molecule has 0 radical (unpaired) electrons. The highest BCUT2D eigenvalue weighted by molar-refractivity contribution is 8.77. The number of aromatic nitrogens is 1. The van der Waals surface area contributed by atoms with Crippen molar-refractivity contribution in [2.24, 2.45) is 0 Å². The number of nitro groups is 1. The second-order valence-corrected chi connectivity index (χ2v) is 18.9. The average Bonchev–Trinajstić information content (AvgIpc) is 3.82. The van der Waals surface area contributed by atoms with Gasteiger partial charge in [0.25, 0.3) is 17.5 Å². The third-order valence-electron chi connectivity index (χ3n) is 11.1. The van der Waals surface area contributed by atoms with Gasteiger partial charge in [0.1, 0.15) is 17.8 Å². The van der Waals surface area contributed by atoms with Crippen molar-refractivity contribution < 1.29 is 58.2 Å². The highest BCUT2D eigenvalue weighted by Gasteiger charge is 2.46. The van der Waals surface area contributed by atoms with Crippen molar-refractivity contribution >= 4 is 63.6 Å². The second-order valence-electron chi connectivity index (χ2n) is 16.3. The van der Waals surface area contributed by atoms with Crippen LogP contribution in [0.15, 0.2) is 71.9 Å². The van der Waals surface area contributed by atoms with Crippen LogP contribution in [0.2, 0.25) is 6.82 Å². The summed E-state index contributed by atoms with van der Waals surface area (Å²) in [5.41, 5.74) is 2.33. The number of anilines is 2. The van der Waals surface area contributed by atoms with Gasteiger partial charge in [0.2, 0.25) is 0 Å². The normalized spacial score (nSPS) is 17.3. The number of methoxy groups -OCH3 is 2. The molecule has 1 aliphatic carbocycles. The number of benzene rings is 2. The number of likely N-dealkylation sites (tertiary alicyclic amines) is 2. The number of ether oxygens (including phenoxy) is 5. The number of hydrogen-bond acceptors (Lipinski definition) is 17. The molecule has 2 atom stereocenters. The van der Waals surface area contributed by atoms with Crippen molar-refractivity contribution in [2.75, 3.05) is 70.9 Å². The predicted molar refractivity (Wildman–Crippen MR) is 251 cm³/mol. The van der Waals surface area contributed by atoms with Crippen molar-refractivity contribution in [2.45, 2.75) is 73.6 Å². The lowest BCUT2D eigenvalue weighted by atomic mass is 9.87. The number of pyridine rings is 1. The average molecular weight is 951 g/mol. The van der Waals surface area contributed by atoms with Crippen LogP contribution in [-0.4, -0.2) is 137 Å². The minimum atomic E-state index is -0.981. The Balaban J connectivity index is 1.07. The van der Waals surface area contributed by atoms with Crippen LogP contribution >= 0.6 is 21.6 Å². The van der Waals surface area contributed by atoms with E-state index in [1.54, 1.807) is 23.1 Å². The first-order valence-electron chi connectivity index (χ1n) is 21.4. The molecule has 1 aromatic heterocycles. The number of aliphatic hydroxyl groups is 2. The van der Waals surface area contributed by atoms with Gasteiger partial charge in [-0.3, -0.25) is 25.0 Å². The molecule has 6 rings (SSSR count). The van der Waals surface area contributed by atoms with Crippen LogP contribution in [0.1, 0.15) is 65.7 Å². The summed E-state index contributed by atoms with van der Waals surface area (Å²) in [6, 6.07) is 8.22. The Labute approximate surface area is 390 Å². The fraction of sp³-hybridized carbons (Fsp3) is 0.455. The number of carbonyl (C=O) groups is 3. The minimum Gasteiger partial charge on any atom is -0.493 e. The molecule has 3 heterocycles. The number of nitrogens with one attached hydrogen (secondary N) is 2. The molecule has 3 aromatic rings. The van der Waals surface area contributed by atoms with E-state index >= 15 is 0 Å². The van der Waals surface area contributed by atoms with Crippen LogP contribution in [0, 0.1) is 10.1 Å². The van der Waals surface area contributed by atoms with Gasteiger partial charge >= 0.3 is 13.1 Å². The summed E-state index contributed by atoms with van der Waals surface area (Å²) in [5, 5.41) is 47.3. The number of hydrogen-bond donors (Lipinski definition) is 5. The monoisotopic (exact) mass is 950 g/mol. The molecule has 2 aromatic carbocycles. The second kappa shape index (κ2) is 22.7. The van der Waals surface area contributed by atoms with Gasteiger partial charge < -0.3 is 53.9 Å². The lowest BCUT2D eigenvalue weighted by molar-refractivity contribution is -0.385. The van der Waals surface area contributed by atoms with E-state index in [9.17, 15) is 39.7 Å². The van der Waals surface area contributed by atoms with Crippen LogP contribution in [0.25, 0.3) is 0 Å². The molecule has 0 bridgehead atoms. The summed E-state index contributed by atoms with van der Waals surface area (Å²) in [5.74, 6) is 0.414. The van der Waals surface area contributed by atoms with Gasteiger partial charge in [0.05, 0.1) is 79.2 Å². The number of rotatable bonds is 23. The van der Waals surface area contributed by atoms with E-state index < -0.39 is 36.1 Å². The Morgan fingerprint density at radius 2 is 1.42 bits per heavy atom. The lowest BCUT2D eigenvalue weighted by Crippen LogP contribution is -2.38. The van der Waals surface area contributed by atoms with Crippen molar-refractivity contribution in [3.05, 3.63) is 88.1 Å². The first-order valence-corrected chi connectivity index (χ1v) is 23.5. The number of aliphatic hydroxyl groups excluding tert-OH is 2. The molecule has 1 saturated carbocycles.